The van der Waals surface area contributed by atoms with Crippen LogP contribution >= 0.6 is 0 Å². The van der Waals surface area contributed by atoms with E-state index in [1.165, 1.54) is 0 Å². The topological polar surface area (TPSA) is 48.4 Å². The van der Waals surface area contributed by atoms with Crippen LogP contribution in [0, 0.1) is 0 Å². The third-order valence-corrected chi connectivity index (χ3v) is 4.74. The van der Waals surface area contributed by atoms with Gasteiger partial charge >= 0.3 is 0 Å². The lowest BCUT2D eigenvalue weighted by molar-refractivity contribution is 0.0993. The predicted molar refractivity (Wildman–Crippen MR) is 114 cm³/mol. The Morgan fingerprint density at radius 3 is 2.31 bits per heavy atom. The smallest absolute Gasteiger partial charge is 0.167 e. The number of ether oxygens (including phenoxy) is 2. The fourth-order valence-corrected chi connectivity index (χ4v) is 3.11. The molecule has 0 atom stereocenters. The second-order valence-corrected chi connectivity index (χ2v) is 6.76. The summed E-state index contributed by atoms with van der Waals surface area (Å²) in [6.07, 6.45) is 0.346. The Bertz CT molecular complexity index is 1120. The molecule has 0 unspecified atom stereocenters. The Labute approximate surface area is 169 Å². The van der Waals surface area contributed by atoms with E-state index in [2.05, 4.69) is 11.1 Å². The first-order valence-electron chi connectivity index (χ1n) is 9.45. The van der Waals surface area contributed by atoms with Gasteiger partial charge in [0.15, 0.2) is 5.78 Å². The summed E-state index contributed by atoms with van der Waals surface area (Å²) in [6, 6.07) is 26.8. The fourth-order valence-electron chi connectivity index (χ4n) is 3.11. The minimum Gasteiger partial charge on any atom is -0.497 e. The molecule has 0 amide bonds. The van der Waals surface area contributed by atoms with Crippen molar-refractivity contribution >= 4 is 16.7 Å². The molecule has 3 aromatic carbocycles. The highest BCUT2D eigenvalue weighted by Gasteiger charge is 2.08. The Balaban J connectivity index is 1.36. The number of para-hydroxylation sites is 1. The second kappa shape index (κ2) is 8.57. The van der Waals surface area contributed by atoms with Crippen molar-refractivity contribution in [2.45, 2.75) is 13.0 Å². The molecule has 29 heavy (non-hydrogen) atoms. The molecule has 4 aromatic rings. The number of methoxy groups -OCH3 is 1. The third kappa shape index (κ3) is 4.61. The number of aromatic nitrogens is 1. The standard InChI is InChI=1S/C25H21NO3/c1-28-22-14-9-20(10-15-22)25(27)16-18-6-12-23(13-7-18)29-17-21-11-8-19-4-2-3-5-24(19)26-21/h2-15H,16-17H2,1H3. The van der Waals surface area contributed by atoms with E-state index in [-0.39, 0.29) is 5.78 Å². The van der Waals surface area contributed by atoms with E-state index in [0.717, 1.165) is 33.7 Å². The SMILES string of the molecule is COc1ccc(C(=O)Cc2ccc(OCc3ccc4ccccc4n3)cc2)cc1. The summed E-state index contributed by atoms with van der Waals surface area (Å²) >= 11 is 0. The first kappa shape index (κ1) is 18.7. The lowest BCUT2D eigenvalue weighted by Gasteiger charge is -2.08. The zero-order valence-corrected chi connectivity index (χ0v) is 16.2. The Morgan fingerprint density at radius 2 is 1.55 bits per heavy atom. The number of carbonyl (C=O) groups is 1. The predicted octanol–water partition coefficient (Wildman–Crippen LogP) is 5.25. The summed E-state index contributed by atoms with van der Waals surface area (Å²) in [6.45, 7) is 0.398. The fraction of sp³-hybridized carbons (Fsp3) is 0.120. The van der Waals surface area contributed by atoms with Crippen LogP contribution in [0.15, 0.2) is 84.9 Å². The van der Waals surface area contributed by atoms with Gasteiger partial charge in [0, 0.05) is 17.4 Å². The van der Waals surface area contributed by atoms with Gasteiger partial charge in [0.1, 0.15) is 18.1 Å². The van der Waals surface area contributed by atoms with Crippen LogP contribution in [0.3, 0.4) is 0 Å². The van der Waals surface area contributed by atoms with E-state index in [1.807, 2.05) is 54.6 Å². The molecule has 0 radical (unpaired) electrons. The van der Waals surface area contributed by atoms with Gasteiger partial charge in [-0.3, -0.25) is 4.79 Å². The van der Waals surface area contributed by atoms with Crippen molar-refractivity contribution in [1.82, 2.24) is 4.98 Å². The number of pyridine rings is 1. The van der Waals surface area contributed by atoms with Gasteiger partial charge in [-0.1, -0.05) is 36.4 Å². The molecule has 0 N–H and O–H groups in total. The highest BCUT2D eigenvalue weighted by molar-refractivity contribution is 5.97. The Kier molecular flexibility index (Phi) is 5.52. The third-order valence-electron chi connectivity index (χ3n) is 4.74. The van der Waals surface area contributed by atoms with Crippen molar-refractivity contribution in [2.75, 3.05) is 7.11 Å². The van der Waals surface area contributed by atoms with Crippen molar-refractivity contribution in [3.63, 3.8) is 0 Å². The van der Waals surface area contributed by atoms with Crippen LogP contribution in [0.4, 0.5) is 0 Å². The highest BCUT2D eigenvalue weighted by Crippen LogP contribution is 2.18. The van der Waals surface area contributed by atoms with Crippen LogP contribution in [0.1, 0.15) is 21.6 Å². The molecule has 4 rings (SSSR count). The zero-order valence-electron chi connectivity index (χ0n) is 16.2. The molecule has 4 heteroatoms. The maximum Gasteiger partial charge on any atom is 0.167 e. The summed E-state index contributed by atoms with van der Waals surface area (Å²) < 4.78 is 11.0. The molecule has 0 aliphatic rings. The molecule has 0 fully saturated rings. The average Bonchev–Trinajstić information content (AvgIpc) is 2.78. The number of benzene rings is 3. The van der Waals surface area contributed by atoms with Crippen LogP contribution in [0.2, 0.25) is 0 Å². The van der Waals surface area contributed by atoms with E-state index in [9.17, 15) is 4.79 Å². The van der Waals surface area contributed by atoms with Crippen molar-refractivity contribution < 1.29 is 14.3 Å². The normalized spacial score (nSPS) is 10.7. The zero-order chi connectivity index (χ0) is 20.1. The van der Waals surface area contributed by atoms with Gasteiger partial charge in [-0.05, 0) is 54.1 Å². The monoisotopic (exact) mass is 383 g/mol. The Hall–Kier alpha value is -3.66. The molecule has 144 valence electrons. The van der Waals surface area contributed by atoms with E-state index >= 15 is 0 Å². The van der Waals surface area contributed by atoms with Crippen LogP contribution in [0.5, 0.6) is 11.5 Å². The molecule has 0 aliphatic carbocycles. The van der Waals surface area contributed by atoms with E-state index < -0.39 is 0 Å². The van der Waals surface area contributed by atoms with E-state index in [1.54, 1.807) is 31.4 Å². The number of nitrogens with zero attached hydrogens (tertiary/aromatic N) is 1. The number of ketones is 1. The maximum atomic E-state index is 12.4. The number of hydrogen-bond acceptors (Lipinski definition) is 4. The van der Waals surface area contributed by atoms with Crippen LogP contribution < -0.4 is 9.47 Å². The second-order valence-electron chi connectivity index (χ2n) is 6.76. The molecule has 1 aromatic heterocycles. The molecule has 0 bridgehead atoms. The van der Waals surface area contributed by atoms with Crippen molar-refractivity contribution in [2.24, 2.45) is 0 Å². The summed E-state index contributed by atoms with van der Waals surface area (Å²) in [4.78, 5) is 17.1. The molecular weight excluding hydrogens is 362 g/mol. The van der Waals surface area contributed by atoms with Crippen LogP contribution in [0.25, 0.3) is 10.9 Å². The maximum absolute atomic E-state index is 12.4. The summed E-state index contributed by atoms with van der Waals surface area (Å²) in [5.74, 6) is 1.56. The van der Waals surface area contributed by atoms with Crippen LogP contribution in [-0.2, 0) is 13.0 Å². The van der Waals surface area contributed by atoms with Crippen LogP contribution in [-0.4, -0.2) is 17.9 Å². The molecule has 0 aliphatic heterocycles. The summed E-state index contributed by atoms with van der Waals surface area (Å²) in [5, 5.41) is 1.11. The quantitative estimate of drug-likeness (QED) is 0.409. The van der Waals surface area contributed by atoms with Gasteiger partial charge in [-0.15, -0.1) is 0 Å². The largest absolute Gasteiger partial charge is 0.497 e. The van der Waals surface area contributed by atoms with Gasteiger partial charge in [0.2, 0.25) is 0 Å². The van der Waals surface area contributed by atoms with Gasteiger partial charge in [-0.2, -0.15) is 0 Å². The molecule has 0 spiro atoms. The summed E-state index contributed by atoms with van der Waals surface area (Å²) in [7, 11) is 1.61. The van der Waals surface area contributed by atoms with E-state index in [4.69, 9.17) is 9.47 Å². The molecule has 0 saturated carbocycles. The summed E-state index contributed by atoms with van der Waals surface area (Å²) in [5.41, 5.74) is 3.46. The minimum absolute atomic E-state index is 0.0710. The number of Topliss-reactive ketones (excluding diaryl/α,β-unsaturated/α-hetero) is 1. The van der Waals surface area contributed by atoms with Crippen molar-refractivity contribution in [1.29, 1.82) is 0 Å². The lowest BCUT2D eigenvalue weighted by Crippen LogP contribution is -2.03. The van der Waals surface area contributed by atoms with Crippen molar-refractivity contribution in [3.8, 4) is 11.5 Å². The number of rotatable bonds is 7. The molecule has 1 heterocycles. The van der Waals surface area contributed by atoms with Gasteiger partial charge in [0.05, 0.1) is 18.3 Å². The highest BCUT2D eigenvalue weighted by atomic mass is 16.5. The molecule has 0 saturated heterocycles. The van der Waals surface area contributed by atoms with Crippen molar-refractivity contribution in [3.05, 3.63) is 102 Å². The molecular formula is C25H21NO3. The van der Waals surface area contributed by atoms with Gasteiger partial charge < -0.3 is 9.47 Å². The first-order chi connectivity index (χ1) is 14.2. The van der Waals surface area contributed by atoms with E-state index in [0.29, 0.717) is 18.6 Å². The van der Waals surface area contributed by atoms with Gasteiger partial charge in [0.25, 0.3) is 0 Å². The number of fused-ring (bicyclic) bond motifs is 1. The number of hydrogen-bond donors (Lipinski definition) is 0. The van der Waals surface area contributed by atoms with Gasteiger partial charge in [-0.25, -0.2) is 4.98 Å². The average molecular weight is 383 g/mol. The minimum atomic E-state index is 0.0710. The number of carbonyl (C=O) groups excluding carboxylic acids is 1. The Morgan fingerprint density at radius 1 is 0.828 bits per heavy atom. The first-order valence-corrected chi connectivity index (χ1v) is 9.45. The molecule has 4 nitrogen and oxygen atoms in total. The lowest BCUT2D eigenvalue weighted by atomic mass is 10.0.